The summed E-state index contributed by atoms with van der Waals surface area (Å²) >= 11 is 6.32. The lowest BCUT2D eigenvalue weighted by atomic mass is 10.1. The summed E-state index contributed by atoms with van der Waals surface area (Å²) in [5.74, 6) is 2.29. The lowest BCUT2D eigenvalue weighted by molar-refractivity contribution is 0.112. The molecule has 0 unspecified atom stereocenters. The summed E-state index contributed by atoms with van der Waals surface area (Å²) in [6.07, 6.45) is 5.66. The monoisotopic (exact) mass is 482 g/mol. The molecule has 0 spiro atoms. The van der Waals surface area contributed by atoms with Crippen molar-refractivity contribution in [2.75, 3.05) is 50.1 Å². The average molecular weight is 483 g/mol. The minimum Gasteiger partial charge on any atom is -0.495 e. The van der Waals surface area contributed by atoms with Crippen LogP contribution in [0.5, 0.6) is 11.5 Å². The number of pyridine rings is 1. The Bertz CT molecular complexity index is 1100. The van der Waals surface area contributed by atoms with Crippen LogP contribution >= 0.6 is 11.6 Å². The molecule has 0 aliphatic carbocycles. The number of nitrogens with zero attached hydrogens (tertiary/aromatic N) is 5. The van der Waals surface area contributed by atoms with Crippen molar-refractivity contribution in [1.29, 1.82) is 0 Å². The highest BCUT2D eigenvalue weighted by atomic mass is 35.5. The topological polar surface area (TPSA) is 92.7 Å². The van der Waals surface area contributed by atoms with Gasteiger partial charge >= 0.3 is 0 Å². The van der Waals surface area contributed by atoms with E-state index >= 15 is 0 Å². The molecule has 0 bridgehead atoms. The molecule has 1 aliphatic rings. The Hall–Kier alpha value is -3.43. The lowest BCUT2D eigenvalue weighted by Gasteiger charge is -2.34. The van der Waals surface area contributed by atoms with Crippen LogP contribution in [-0.2, 0) is 6.61 Å². The van der Waals surface area contributed by atoms with Crippen molar-refractivity contribution in [2.24, 2.45) is 0 Å². The third-order valence-corrected chi connectivity index (χ3v) is 6.09. The summed E-state index contributed by atoms with van der Waals surface area (Å²) in [5, 5.41) is 3.55. The minimum atomic E-state index is 0.144. The molecule has 0 atom stereocenters. The molecule has 3 heterocycles. The van der Waals surface area contributed by atoms with Crippen molar-refractivity contribution in [2.45, 2.75) is 13.5 Å². The molecule has 1 N–H and O–H groups in total. The first kappa shape index (κ1) is 23.7. The number of ether oxygens (including phenoxy) is 2. The van der Waals surface area contributed by atoms with E-state index in [0.29, 0.717) is 33.6 Å². The third kappa shape index (κ3) is 5.73. The van der Waals surface area contributed by atoms with Crippen molar-refractivity contribution < 1.29 is 14.3 Å². The molecule has 0 saturated carbocycles. The van der Waals surface area contributed by atoms with E-state index in [0.717, 1.165) is 50.5 Å². The zero-order valence-corrected chi connectivity index (χ0v) is 20.0. The van der Waals surface area contributed by atoms with Gasteiger partial charge in [0.1, 0.15) is 24.5 Å². The average Bonchev–Trinajstić information content (AvgIpc) is 2.89. The van der Waals surface area contributed by atoms with E-state index in [-0.39, 0.29) is 6.61 Å². The number of piperazine rings is 1. The summed E-state index contributed by atoms with van der Waals surface area (Å²) in [6, 6.07) is 7.22. The number of hydrogen-bond acceptors (Lipinski definition) is 9. The SMILES string of the molecule is CCN1CCN(c2ccc(Nc3ncc(OCc4cc(C=O)cc(OC)c4Cl)cn3)cn2)CC1. The van der Waals surface area contributed by atoms with E-state index in [9.17, 15) is 4.79 Å². The number of methoxy groups -OCH3 is 1. The van der Waals surface area contributed by atoms with Gasteiger partial charge in [-0.15, -0.1) is 0 Å². The largest absolute Gasteiger partial charge is 0.495 e. The minimum absolute atomic E-state index is 0.144. The molecule has 3 aromatic rings. The summed E-state index contributed by atoms with van der Waals surface area (Å²) in [4.78, 5) is 29.1. The van der Waals surface area contributed by atoms with E-state index in [1.165, 1.54) is 7.11 Å². The Balaban J connectivity index is 1.33. The van der Waals surface area contributed by atoms with Crippen LogP contribution in [0.15, 0.2) is 42.9 Å². The number of hydrogen-bond donors (Lipinski definition) is 1. The highest BCUT2D eigenvalue weighted by Crippen LogP contribution is 2.30. The first-order valence-electron chi connectivity index (χ1n) is 11.1. The van der Waals surface area contributed by atoms with Gasteiger partial charge in [0.25, 0.3) is 0 Å². The molecule has 1 aromatic carbocycles. The van der Waals surface area contributed by atoms with Gasteiger partial charge < -0.3 is 24.6 Å². The molecule has 1 fully saturated rings. The number of aldehydes is 1. The van der Waals surface area contributed by atoms with Gasteiger partial charge in [0.15, 0.2) is 5.75 Å². The van der Waals surface area contributed by atoms with Gasteiger partial charge in [-0.25, -0.2) is 15.0 Å². The molecule has 34 heavy (non-hydrogen) atoms. The van der Waals surface area contributed by atoms with Gasteiger partial charge in [0.05, 0.1) is 36.4 Å². The Kier molecular flexibility index (Phi) is 7.76. The Morgan fingerprint density at radius 1 is 1.09 bits per heavy atom. The predicted octanol–water partition coefficient (Wildman–Crippen LogP) is 3.81. The molecule has 1 saturated heterocycles. The number of carbonyl (C=O) groups is 1. The van der Waals surface area contributed by atoms with Gasteiger partial charge in [-0.1, -0.05) is 18.5 Å². The van der Waals surface area contributed by atoms with E-state index in [1.807, 2.05) is 12.1 Å². The standard InChI is InChI=1S/C24H27ClN6O3/c1-3-30-6-8-31(9-7-30)22-5-4-19(12-26-22)29-24-27-13-20(14-28-24)34-16-18-10-17(15-32)11-21(33-2)23(18)25/h4-5,10-15H,3,6-9,16H2,1-2H3,(H,27,28,29). The van der Waals surface area contributed by atoms with Gasteiger partial charge in [0.2, 0.25) is 5.95 Å². The van der Waals surface area contributed by atoms with Gasteiger partial charge in [-0.05, 0) is 30.8 Å². The summed E-state index contributed by atoms with van der Waals surface area (Å²) in [7, 11) is 1.50. The molecule has 2 aromatic heterocycles. The molecule has 178 valence electrons. The zero-order chi connectivity index (χ0) is 23.9. The molecular formula is C24H27ClN6O3. The van der Waals surface area contributed by atoms with Gasteiger partial charge in [0, 0.05) is 37.3 Å². The van der Waals surface area contributed by atoms with Crippen LogP contribution < -0.4 is 19.7 Å². The normalized spacial score (nSPS) is 14.0. The fourth-order valence-corrected chi connectivity index (χ4v) is 3.93. The molecule has 4 rings (SSSR count). The smallest absolute Gasteiger partial charge is 0.227 e. The summed E-state index contributed by atoms with van der Waals surface area (Å²) in [5.41, 5.74) is 1.89. The van der Waals surface area contributed by atoms with Crippen LogP contribution in [0.1, 0.15) is 22.8 Å². The second kappa shape index (κ2) is 11.1. The number of aromatic nitrogens is 3. The van der Waals surface area contributed by atoms with Crippen LogP contribution in [0.4, 0.5) is 17.5 Å². The fraction of sp³-hybridized carbons (Fsp3) is 0.333. The maximum atomic E-state index is 11.1. The molecule has 0 amide bonds. The van der Waals surface area contributed by atoms with E-state index in [4.69, 9.17) is 21.1 Å². The Labute approximate surface area is 203 Å². The predicted molar refractivity (Wildman–Crippen MR) is 132 cm³/mol. The molecule has 1 aliphatic heterocycles. The highest BCUT2D eigenvalue weighted by Gasteiger charge is 2.16. The number of halogens is 1. The van der Waals surface area contributed by atoms with Crippen LogP contribution in [0, 0.1) is 0 Å². The Morgan fingerprint density at radius 3 is 2.47 bits per heavy atom. The van der Waals surface area contributed by atoms with E-state index in [2.05, 4.69) is 37.0 Å². The second-order valence-corrected chi connectivity index (χ2v) is 8.17. The molecule has 0 radical (unpaired) electrons. The lowest BCUT2D eigenvalue weighted by Crippen LogP contribution is -2.46. The highest BCUT2D eigenvalue weighted by molar-refractivity contribution is 6.33. The number of rotatable bonds is 9. The quantitative estimate of drug-likeness (QED) is 0.457. The van der Waals surface area contributed by atoms with Crippen LogP contribution in [0.25, 0.3) is 0 Å². The number of nitrogens with one attached hydrogen (secondary N) is 1. The summed E-state index contributed by atoms with van der Waals surface area (Å²) in [6.45, 7) is 7.50. The number of benzene rings is 1. The van der Waals surface area contributed by atoms with Crippen molar-refractivity contribution in [3.8, 4) is 11.5 Å². The van der Waals surface area contributed by atoms with Crippen molar-refractivity contribution in [1.82, 2.24) is 19.9 Å². The third-order valence-electron chi connectivity index (χ3n) is 5.66. The fourth-order valence-electron chi connectivity index (χ4n) is 3.69. The van der Waals surface area contributed by atoms with E-state index in [1.54, 1.807) is 30.7 Å². The first-order valence-corrected chi connectivity index (χ1v) is 11.4. The van der Waals surface area contributed by atoms with Crippen molar-refractivity contribution in [3.05, 3.63) is 59.0 Å². The number of anilines is 3. The van der Waals surface area contributed by atoms with Crippen molar-refractivity contribution >= 4 is 35.3 Å². The molecule has 10 heteroatoms. The van der Waals surface area contributed by atoms with Crippen LogP contribution in [-0.4, -0.2) is 66.0 Å². The molecule has 9 nitrogen and oxygen atoms in total. The Morgan fingerprint density at radius 2 is 1.85 bits per heavy atom. The van der Waals surface area contributed by atoms with Crippen molar-refractivity contribution in [3.63, 3.8) is 0 Å². The number of carbonyl (C=O) groups excluding carboxylic acids is 1. The zero-order valence-electron chi connectivity index (χ0n) is 19.2. The maximum Gasteiger partial charge on any atom is 0.227 e. The van der Waals surface area contributed by atoms with Crippen LogP contribution in [0.2, 0.25) is 5.02 Å². The summed E-state index contributed by atoms with van der Waals surface area (Å²) < 4.78 is 11.0. The number of likely N-dealkylation sites (N-methyl/N-ethyl adjacent to an activating group) is 1. The van der Waals surface area contributed by atoms with Gasteiger partial charge in [-0.2, -0.15) is 0 Å². The van der Waals surface area contributed by atoms with Crippen LogP contribution in [0.3, 0.4) is 0 Å². The second-order valence-electron chi connectivity index (χ2n) is 7.80. The molecular weight excluding hydrogens is 456 g/mol. The first-order chi connectivity index (χ1) is 16.6. The van der Waals surface area contributed by atoms with Gasteiger partial charge in [-0.3, -0.25) is 4.79 Å². The maximum absolute atomic E-state index is 11.1. The van der Waals surface area contributed by atoms with E-state index < -0.39 is 0 Å².